The zero-order valence-electron chi connectivity index (χ0n) is 20.2. The first-order valence-corrected chi connectivity index (χ1v) is 12.0. The minimum absolute atomic E-state index is 0.0393. The van der Waals surface area contributed by atoms with E-state index in [1.54, 1.807) is 18.2 Å². The van der Waals surface area contributed by atoms with Crippen LogP contribution in [0, 0.1) is 0 Å². The van der Waals surface area contributed by atoms with Crippen LogP contribution in [0.3, 0.4) is 0 Å². The number of hydrogen-bond acceptors (Lipinski definition) is 3. The maximum Gasteiger partial charge on any atom is 0.416 e. The van der Waals surface area contributed by atoms with Gasteiger partial charge in [0.25, 0.3) is 0 Å². The van der Waals surface area contributed by atoms with Crippen LogP contribution in [-0.4, -0.2) is 24.6 Å². The summed E-state index contributed by atoms with van der Waals surface area (Å²) in [7, 11) is 1.52. The standard InChI is InChI=1S/C28H27ClF3NO3/c1-17(2)18-8-11-25(35-3)23(15-18)21-10-9-20(28(30,31)32)14-19(21)16-33-13-12-26(36-27(33)34)22-6-4-5-7-24(22)29/h4-11,14-15,17,26H,12-13,16H2,1-3H3/t26-/m0/s1. The number of methoxy groups -OCH3 is 1. The van der Waals surface area contributed by atoms with E-state index in [-0.39, 0.29) is 12.5 Å². The SMILES string of the molecule is COc1ccc(C(C)C)cc1-c1ccc(C(F)(F)F)cc1CN1CC[C@@H](c2ccccc2Cl)OC1=O. The van der Waals surface area contributed by atoms with Crippen LogP contribution >= 0.6 is 11.6 Å². The fourth-order valence-corrected chi connectivity index (χ4v) is 4.64. The minimum atomic E-state index is -4.52. The second-order valence-corrected chi connectivity index (χ2v) is 9.50. The van der Waals surface area contributed by atoms with Gasteiger partial charge in [-0.1, -0.05) is 55.8 Å². The lowest BCUT2D eigenvalue weighted by Gasteiger charge is -2.33. The van der Waals surface area contributed by atoms with Gasteiger partial charge < -0.3 is 14.4 Å². The van der Waals surface area contributed by atoms with Crippen molar-refractivity contribution in [2.45, 2.75) is 45.0 Å². The zero-order chi connectivity index (χ0) is 26.0. The van der Waals surface area contributed by atoms with Gasteiger partial charge in [-0.2, -0.15) is 13.2 Å². The number of benzene rings is 3. The molecule has 0 saturated carbocycles. The molecule has 1 aliphatic heterocycles. The molecule has 190 valence electrons. The predicted molar refractivity (Wildman–Crippen MR) is 133 cm³/mol. The second-order valence-electron chi connectivity index (χ2n) is 9.09. The molecule has 1 heterocycles. The summed E-state index contributed by atoms with van der Waals surface area (Å²) in [6.45, 7) is 4.35. The van der Waals surface area contributed by atoms with E-state index < -0.39 is 23.9 Å². The number of carbonyl (C=O) groups is 1. The van der Waals surface area contributed by atoms with E-state index in [2.05, 4.69) is 0 Å². The molecule has 0 radical (unpaired) electrons. The van der Waals surface area contributed by atoms with Gasteiger partial charge in [-0.15, -0.1) is 0 Å². The highest BCUT2D eigenvalue weighted by atomic mass is 35.5. The van der Waals surface area contributed by atoms with E-state index in [0.717, 1.165) is 17.7 Å². The summed E-state index contributed by atoms with van der Waals surface area (Å²) in [4.78, 5) is 14.3. The minimum Gasteiger partial charge on any atom is -0.496 e. The predicted octanol–water partition coefficient (Wildman–Crippen LogP) is 8.24. The Balaban J connectivity index is 1.69. The highest BCUT2D eigenvalue weighted by molar-refractivity contribution is 6.31. The van der Waals surface area contributed by atoms with Crippen LogP contribution in [-0.2, 0) is 17.5 Å². The molecule has 0 unspecified atom stereocenters. The third-order valence-corrected chi connectivity index (χ3v) is 6.73. The van der Waals surface area contributed by atoms with E-state index in [4.69, 9.17) is 21.1 Å². The van der Waals surface area contributed by atoms with E-state index in [1.807, 2.05) is 38.1 Å². The lowest BCUT2D eigenvalue weighted by Crippen LogP contribution is -2.38. The number of hydrogen-bond donors (Lipinski definition) is 0. The number of rotatable bonds is 6. The van der Waals surface area contributed by atoms with Gasteiger partial charge >= 0.3 is 12.3 Å². The van der Waals surface area contributed by atoms with Gasteiger partial charge in [-0.05, 0) is 52.9 Å². The molecule has 0 N–H and O–H groups in total. The van der Waals surface area contributed by atoms with Gasteiger partial charge in [0.1, 0.15) is 11.9 Å². The number of ether oxygens (including phenoxy) is 2. The van der Waals surface area contributed by atoms with Crippen molar-refractivity contribution in [2.24, 2.45) is 0 Å². The van der Waals surface area contributed by atoms with Crippen LogP contribution in [0.5, 0.6) is 5.75 Å². The fraction of sp³-hybridized carbons (Fsp3) is 0.321. The highest BCUT2D eigenvalue weighted by Gasteiger charge is 2.33. The molecule has 4 nitrogen and oxygen atoms in total. The second kappa shape index (κ2) is 10.4. The van der Waals surface area contributed by atoms with Gasteiger partial charge in [-0.25, -0.2) is 4.79 Å². The number of nitrogens with zero attached hydrogens (tertiary/aromatic N) is 1. The Morgan fingerprint density at radius 2 is 1.83 bits per heavy atom. The molecular formula is C28H27ClF3NO3. The van der Waals surface area contributed by atoms with Crippen molar-refractivity contribution in [3.63, 3.8) is 0 Å². The maximum atomic E-state index is 13.6. The molecule has 3 aromatic rings. The van der Waals surface area contributed by atoms with Gasteiger partial charge in [0.2, 0.25) is 0 Å². The van der Waals surface area contributed by atoms with Crippen LogP contribution in [0.25, 0.3) is 11.1 Å². The molecule has 0 aliphatic carbocycles. The van der Waals surface area contributed by atoms with Crippen LogP contribution in [0.2, 0.25) is 5.02 Å². The van der Waals surface area contributed by atoms with Crippen molar-refractivity contribution in [2.75, 3.05) is 13.7 Å². The van der Waals surface area contributed by atoms with Crippen molar-refractivity contribution in [1.82, 2.24) is 4.90 Å². The molecule has 3 aromatic carbocycles. The maximum absolute atomic E-state index is 13.6. The molecule has 1 aliphatic rings. The van der Waals surface area contributed by atoms with Gasteiger partial charge in [0.05, 0.1) is 12.7 Å². The summed E-state index contributed by atoms with van der Waals surface area (Å²) < 4.78 is 52.0. The topological polar surface area (TPSA) is 38.8 Å². The lowest BCUT2D eigenvalue weighted by atomic mass is 9.92. The average molecular weight is 518 g/mol. The Kier molecular flexibility index (Phi) is 7.50. The molecule has 1 amide bonds. The monoisotopic (exact) mass is 517 g/mol. The van der Waals surface area contributed by atoms with Crippen molar-refractivity contribution in [1.29, 1.82) is 0 Å². The first-order chi connectivity index (χ1) is 17.1. The average Bonchev–Trinajstić information content (AvgIpc) is 2.84. The molecule has 1 fully saturated rings. The lowest BCUT2D eigenvalue weighted by molar-refractivity contribution is -0.137. The molecule has 36 heavy (non-hydrogen) atoms. The zero-order valence-corrected chi connectivity index (χ0v) is 21.0. The molecule has 0 bridgehead atoms. The van der Waals surface area contributed by atoms with Crippen molar-refractivity contribution >= 4 is 17.7 Å². The summed E-state index contributed by atoms with van der Waals surface area (Å²) >= 11 is 6.26. The Labute approximate surface area is 213 Å². The number of cyclic esters (lactones) is 1. The Hall–Kier alpha value is -3.19. The Morgan fingerprint density at radius 1 is 1.08 bits per heavy atom. The summed E-state index contributed by atoms with van der Waals surface area (Å²) in [6, 6.07) is 16.4. The van der Waals surface area contributed by atoms with Crippen LogP contribution < -0.4 is 4.74 Å². The summed E-state index contributed by atoms with van der Waals surface area (Å²) in [5.74, 6) is 0.756. The van der Waals surface area contributed by atoms with Crippen molar-refractivity contribution < 1.29 is 27.4 Å². The first kappa shape index (κ1) is 25.9. The first-order valence-electron chi connectivity index (χ1n) is 11.7. The van der Waals surface area contributed by atoms with E-state index >= 15 is 0 Å². The normalized spacial score (nSPS) is 16.3. The molecule has 4 rings (SSSR count). The quantitative estimate of drug-likeness (QED) is 0.330. The van der Waals surface area contributed by atoms with Gasteiger partial charge in [-0.3, -0.25) is 0 Å². The van der Waals surface area contributed by atoms with Crippen LogP contribution in [0.15, 0.2) is 60.7 Å². The Bertz CT molecular complexity index is 1260. The van der Waals surface area contributed by atoms with Crippen molar-refractivity contribution in [3.05, 3.63) is 87.9 Å². The molecule has 0 aromatic heterocycles. The van der Waals surface area contributed by atoms with Crippen LogP contribution in [0.1, 0.15) is 54.5 Å². The third-order valence-electron chi connectivity index (χ3n) is 6.39. The molecular weight excluding hydrogens is 491 g/mol. The van der Waals surface area contributed by atoms with Crippen LogP contribution in [0.4, 0.5) is 18.0 Å². The number of amides is 1. The Morgan fingerprint density at radius 3 is 2.47 bits per heavy atom. The highest BCUT2D eigenvalue weighted by Crippen LogP contribution is 2.39. The van der Waals surface area contributed by atoms with Crippen molar-refractivity contribution in [3.8, 4) is 16.9 Å². The molecule has 1 atom stereocenters. The third kappa shape index (κ3) is 5.46. The summed E-state index contributed by atoms with van der Waals surface area (Å²) in [5, 5.41) is 0.501. The number of alkyl halides is 3. The molecule has 1 saturated heterocycles. The summed E-state index contributed by atoms with van der Waals surface area (Å²) in [5.41, 5.74) is 2.56. The van der Waals surface area contributed by atoms with Gasteiger partial charge in [0, 0.05) is 35.7 Å². The fourth-order valence-electron chi connectivity index (χ4n) is 4.38. The van der Waals surface area contributed by atoms with E-state index in [0.29, 0.717) is 46.0 Å². The summed E-state index contributed by atoms with van der Waals surface area (Å²) in [6.07, 6.45) is -5.16. The molecule has 8 heteroatoms. The number of halogens is 4. The van der Waals surface area contributed by atoms with E-state index in [1.165, 1.54) is 18.1 Å². The number of carbonyl (C=O) groups excluding carboxylic acids is 1. The largest absolute Gasteiger partial charge is 0.496 e. The molecule has 0 spiro atoms. The van der Waals surface area contributed by atoms with Gasteiger partial charge in [0.15, 0.2) is 0 Å². The smallest absolute Gasteiger partial charge is 0.416 e. The van der Waals surface area contributed by atoms with E-state index in [9.17, 15) is 18.0 Å².